The lowest BCUT2D eigenvalue weighted by Crippen LogP contribution is -2.12. The maximum atomic E-state index is 9.72. The average Bonchev–Trinajstić information content (AvgIpc) is 2.42. The zero-order valence-electron chi connectivity index (χ0n) is 11.3. The van der Waals surface area contributed by atoms with Crippen LogP contribution >= 0.6 is 15.9 Å². The fraction of sp³-hybridized carbons (Fsp3) is 0.294. The first-order valence-corrected chi connectivity index (χ1v) is 7.34. The molecule has 0 heterocycles. The Morgan fingerprint density at radius 2 is 1.47 bits per heavy atom. The van der Waals surface area contributed by atoms with E-state index in [1.165, 1.54) is 16.7 Å². The van der Waals surface area contributed by atoms with Gasteiger partial charge in [-0.05, 0) is 36.1 Å². The maximum Gasteiger partial charge on any atom is 0.0505 e. The Kier molecular flexibility index (Phi) is 4.78. The lowest BCUT2D eigenvalue weighted by atomic mass is 9.83. The molecule has 0 aromatic heterocycles. The topological polar surface area (TPSA) is 20.2 Å². The number of hydrogen-bond acceptors (Lipinski definition) is 1. The quantitative estimate of drug-likeness (QED) is 0.870. The van der Waals surface area contributed by atoms with Gasteiger partial charge in [0.1, 0.15) is 0 Å². The third-order valence-electron chi connectivity index (χ3n) is 3.70. The highest BCUT2D eigenvalue weighted by atomic mass is 79.9. The van der Waals surface area contributed by atoms with Crippen molar-refractivity contribution in [1.82, 2.24) is 0 Å². The second kappa shape index (κ2) is 6.36. The largest absolute Gasteiger partial charge is 0.396 e. The molecule has 0 bridgehead atoms. The standard InChI is InChI=1S/C17H19BrO/c1-12-3-5-14(6-4-12)13(2)17(11-19)15-7-9-16(18)10-8-15/h3-10,13,17,19H,11H2,1-2H3/t13-,17+/m0/s1. The van der Waals surface area contributed by atoms with E-state index in [1.54, 1.807) is 0 Å². The van der Waals surface area contributed by atoms with Crippen LogP contribution in [0.3, 0.4) is 0 Å². The molecule has 0 saturated heterocycles. The number of halogens is 1. The Bertz CT molecular complexity index is 516. The van der Waals surface area contributed by atoms with Gasteiger partial charge in [0.15, 0.2) is 0 Å². The van der Waals surface area contributed by atoms with Crippen LogP contribution in [0, 0.1) is 6.92 Å². The van der Waals surface area contributed by atoms with Gasteiger partial charge in [-0.2, -0.15) is 0 Å². The van der Waals surface area contributed by atoms with Crippen LogP contribution in [0.4, 0.5) is 0 Å². The summed E-state index contributed by atoms with van der Waals surface area (Å²) >= 11 is 3.44. The fourth-order valence-electron chi connectivity index (χ4n) is 2.36. The molecule has 0 fully saturated rings. The summed E-state index contributed by atoms with van der Waals surface area (Å²) < 4.78 is 1.07. The zero-order valence-corrected chi connectivity index (χ0v) is 12.9. The summed E-state index contributed by atoms with van der Waals surface area (Å²) in [4.78, 5) is 0. The Balaban J connectivity index is 2.26. The van der Waals surface area contributed by atoms with E-state index < -0.39 is 0 Å². The monoisotopic (exact) mass is 318 g/mol. The molecule has 0 spiro atoms. The lowest BCUT2D eigenvalue weighted by Gasteiger charge is -2.23. The minimum Gasteiger partial charge on any atom is -0.396 e. The maximum absolute atomic E-state index is 9.72. The van der Waals surface area contributed by atoms with Crippen molar-refractivity contribution in [2.24, 2.45) is 0 Å². The van der Waals surface area contributed by atoms with Gasteiger partial charge in [-0.3, -0.25) is 0 Å². The molecule has 1 nitrogen and oxygen atoms in total. The van der Waals surface area contributed by atoms with Gasteiger partial charge in [0, 0.05) is 10.4 Å². The molecule has 2 aromatic carbocycles. The van der Waals surface area contributed by atoms with Crippen LogP contribution in [0.1, 0.15) is 35.4 Å². The predicted molar refractivity (Wildman–Crippen MR) is 83.6 cm³/mol. The number of hydrogen-bond donors (Lipinski definition) is 1. The first-order valence-electron chi connectivity index (χ1n) is 6.54. The summed E-state index contributed by atoms with van der Waals surface area (Å²) in [7, 11) is 0. The van der Waals surface area contributed by atoms with E-state index in [0.29, 0.717) is 5.92 Å². The van der Waals surface area contributed by atoms with E-state index >= 15 is 0 Å². The van der Waals surface area contributed by atoms with Crippen LogP contribution in [0.2, 0.25) is 0 Å². The van der Waals surface area contributed by atoms with Gasteiger partial charge in [-0.25, -0.2) is 0 Å². The summed E-state index contributed by atoms with van der Waals surface area (Å²) in [6.07, 6.45) is 0. The molecule has 2 rings (SSSR count). The Hall–Kier alpha value is -1.12. The van der Waals surface area contributed by atoms with Crippen molar-refractivity contribution in [2.75, 3.05) is 6.61 Å². The van der Waals surface area contributed by atoms with Crippen molar-refractivity contribution < 1.29 is 5.11 Å². The molecule has 0 unspecified atom stereocenters. The predicted octanol–water partition coefficient (Wildman–Crippen LogP) is 4.64. The number of benzene rings is 2. The van der Waals surface area contributed by atoms with Crippen LogP contribution in [0.15, 0.2) is 53.0 Å². The average molecular weight is 319 g/mol. The molecule has 19 heavy (non-hydrogen) atoms. The molecule has 1 N–H and O–H groups in total. The number of rotatable bonds is 4. The molecular weight excluding hydrogens is 300 g/mol. The van der Waals surface area contributed by atoms with Gasteiger partial charge in [-0.1, -0.05) is 64.8 Å². The SMILES string of the molecule is Cc1ccc([C@H](C)[C@@H](CO)c2ccc(Br)cc2)cc1. The van der Waals surface area contributed by atoms with Gasteiger partial charge >= 0.3 is 0 Å². The first-order chi connectivity index (χ1) is 9.11. The third-order valence-corrected chi connectivity index (χ3v) is 4.23. The van der Waals surface area contributed by atoms with Crippen molar-refractivity contribution in [3.05, 3.63) is 69.7 Å². The summed E-state index contributed by atoms with van der Waals surface area (Å²) in [5, 5.41) is 9.72. The van der Waals surface area contributed by atoms with Crippen molar-refractivity contribution in [3.63, 3.8) is 0 Å². The summed E-state index contributed by atoms with van der Waals surface area (Å²) in [5.74, 6) is 0.433. The molecule has 0 saturated carbocycles. The minimum atomic E-state index is 0.135. The van der Waals surface area contributed by atoms with Crippen LogP contribution in [0.25, 0.3) is 0 Å². The summed E-state index contributed by atoms with van der Waals surface area (Å²) in [5.41, 5.74) is 3.71. The molecule has 2 atom stereocenters. The summed E-state index contributed by atoms with van der Waals surface area (Å²) in [6.45, 7) is 4.43. The van der Waals surface area contributed by atoms with Gasteiger partial charge in [0.25, 0.3) is 0 Å². The van der Waals surface area contributed by atoms with E-state index in [0.717, 1.165) is 4.47 Å². The van der Waals surface area contributed by atoms with E-state index in [9.17, 15) is 5.11 Å². The van der Waals surface area contributed by atoms with Crippen LogP contribution in [-0.4, -0.2) is 11.7 Å². The second-order valence-corrected chi connectivity index (χ2v) is 5.96. The molecule has 2 heteroatoms. The van der Waals surface area contributed by atoms with E-state index in [4.69, 9.17) is 0 Å². The van der Waals surface area contributed by atoms with E-state index in [1.807, 2.05) is 12.1 Å². The van der Waals surface area contributed by atoms with Crippen LogP contribution in [-0.2, 0) is 0 Å². The van der Waals surface area contributed by atoms with E-state index in [2.05, 4.69) is 66.2 Å². The Morgan fingerprint density at radius 1 is 0.947 bits per heavy atom. The minimum absolute atomic E-state index is 0.135. The molecular formula is C17H19BrO. The smallest absolute Gasteiger partial charge is 0.0505 e. The number of aryl methyl sites for hydroxylation is 1. The molecule has 0 radical (unpaired) electrons. The molecule has 0 aliphatic carbocycles. The van der Waals surface area contributed by atoms with Gasteiger partial charge in [-0.15, -0.1) is 0 Å². The Morgan fingerprint density at radius 3 is 2.00 bits per heavy atom. The highest BCUT2D eigenvalue weighted by Crippen LogP contribution is 2.33. The van der Waals surface area contributed by atoms with Crippen LogP contribution < -0.4 is 0 Å². The van der Waals surface area contributed by atoms with Crippen molar-refractivity contribution in [3.8, 4) is 0 Å². The second-order valence-electron chi connectivity index (χ2n) is 5.04. The highest BCUT2D eigenvalue weighted by molar-refractivity contribution is 9.10. The van der Waals surface area contributed by atoms with E-state index in [-0.39, 0.29) is 12.5 Å². The van der Waals surface area contributed by atoms with Crippen LogP contribution in [0.5, 0.6) is 0 Å². The van der Waals surface area contributed by atoms with Crippen molar-refractivity contribution in [2.45, 2.75) is 25.7 Å². The molecule has 0 aliphatic rings. The normalized spacial score (nSPS) is 14.1. The lowest BCUT2D eigenvalue weighted by molar-refractivity contribution is 0.251. The molecule has 2 aromatic rings. The third kappa shape index (κ3) is 3.46. The van der Waals surface area contributed by atoms with Crippen molar-refractivity contribution in [1.29, 1.82) is 0 Å². The summed E-state index contributed by atoms with van der Waals surface area (Å²) in [6, 6.07) is 16.8. The molecule has 100 valence electrons. The molecule has 0 amide bonds. The number of aliphatic hydroxyl groups excluding tert-OH is 1. The fourth-order valence-corrected chi connectivity index (χ4v) is 2.63. The Labute approximate surface area is 123 Å². The molecule has 0 aliphatic heterocycles. The van der Waals surface area contributed by atoms with Gasteiger partial charge in [0.2, 0.25) is 0 Å². The van der Waals surface area contributed by atoms with Gasteiger partial charge < -0.3 is 5.11 Å². The highest BCUT2D eigenvalue weighted by Gasteiger charge is 2.20. The number of aliphatic hydroxyl groups is 1. The zero-order chi connectivity index (χ0) is 13.8. The van der Waals surface area contributed by atoms with Gasteiger partial charge in [0.05, 0.1) is 6.61 Å². The van der Waals surface area contributed by atoms with Crippen molar-refractivity contribution >= 4 is 15.9 Å². The first kappa shape index (κ1) is 14.3.